The molecule has 0 aliphatic heterocycles. The lowest BCUT2D eigenvalue weighted by molar-refractivity contribution is 0.624. The molecule has 0 bridgehead atoms. The molecule has 1 rings (SSSR count). The Balaban J connectivity index is 2.39. The van der Waals surface area contributed by atoms with Crippen molar-refractivity contribution in [1.82, 2.24) is 0 Å². The summed E-state index contributed by atoms with van der Waals surface area (Å²) in [6, 6.07) is 6.85. The molecule has 0 aliphatic carbocycles. The molecular weight excluding hydrogens is 175 g/mol. The van der Waals surface area contributed by atoms with Crippen molar-refractivity contribution in [1.29, 1.82) is 0 Å². The molecule has 0 amide bonds. The number of benzene rings is 1. The molecule has 0 saturated carbocycles. The van der Waals surface area contributed by atoms with Crippen LogP contribution in [0.25, 0.3) is 0 Å². The van der Waals surface area contributed by atoms with Crippen LogP contribution in [0.3, 0.4) is 0 Å². The number of rotatable bonds is 4. The fraction of sp³-hybridized carbons (Fsp3) is 0.385. The van der Waals surface area contributed by atoms with Crippen molar-refractivity contribution in [2.75, 3.05) is 0 Å². The third-order valence-corrected chi connectivity index (χ3v) is 2.42. The van der Waals surface area contributed by atoms with Crippen LogP contribution in [0.4, 0.5) is 4.39 Å². The summed E-state index contributed by atoms with van der Waals surface area (Å²) in [7, 11) is 0. The lowest BCUT2D eigenvalue weighted by Gasteiger charge is -2.01. The van der Waals surface area contributed by atoms with E-state index in [2.05, 4.69) is 19.9 Å². The fourth-order valence-electron chi connectivity index (χ4n) is 1.41. The molecule has 0 heterocycles. The Bertz CT molecular complexity index is 313. The summed E-state index contributed by atoms with van der Waals surface area (Å²) in [5.41, 5.74) is 2.50. The second-order valence-electron chi connectivity index (χ2n) is 3.62. The number of aryl methyl sites for hydroxylation is 1. The van der Waals surface area contributed by atoms with E-state index in [4.69, 9.17) is 0 Å². The molecule has 0 saturated heterocycles. The van der Waals surface area contributed by atoms with Gasteiger partial charge in [-0.15, -0.1) is 0 Å². The summed E-state index contributed by atoms with van der Waals surface area (Å²) < 4.78 is 12.8. The fourth-order valence-corrected chi connectivity index (χ4v) is 1.41. The second kappa shape index (κ2) is 5.58. The zero-order valence-electron chi connectivity index (χ0n) is 8.89. The van der Waals surface area contributed by atoms with Gasteiger partial charge in [0.05, 0.1) is 0 Å². The van der Waals surface area contributed by atoms with E-state index in [1.807, 2.05) is 6.07 Å². The first-order valence-electron chi connectivity index (χ1n) is 5.08. The predicted molar refractivity (Wildman–Crippen MR) is 58.8 cm³/mol. The zero-order valence-corrected chi connectivity index (χ0v) is 8.89. The van der Waals surface area contributed by atoms with Crippen molar-refractivity contribution in [3.05, 3.63) is 47.3 Å². The van der Waals surface area contributed by atoms with Crippen molar-refractivity contribution in [2.45, 2.75) is 33.1 Å². The minimum Gasteiger partial charge on any atom is -0.207 e. The Hall–Kier alpha value is -1.11. The summed E-state index contributed by atoms with van der Waals surface area (Å²) in [6.45, 7) is 4.18. The molecule has 14 heavy (non-hydrogen) atoms. The van der Waals surface area contributed by atoms with Crippen LogP contribution in [0.2, 0.25) is 0 Å². The molecule has 1 heteroatoms. The van der Waals surface area contributed by atoms with Crippen LogP contribution in [0.15, 0.2) is 35.9 Å². The van der Waals surface area contributed by atoms with Crippen LogP contribution < -0.4 is 0 Å². The molecule has 0 aromatic heterocycles. The van der Waals surface area contributed by atoms with Crippen LogP contribution >= 0.6 is 0 Å². The molecular formula is C13H17F. The molecule has 76 valence electrons. The average molecular weight is 192 g/mol. The van der Waals surface area contributed by atoms with Crippen LogP contribution in [0.5, 0.6) is 0 Å². The second-order valence-corrected chi connectivity index (χ2v) is 3.62. The van der Waals surface area contributed by atoms with E-state index in [-0.39, 0.29) is 5.82 Å². The first-order chi connectivity index (χ1) is 6.72. The van der Waals surface area contributed by atoms with Gasteiger partial charge in [0.25, 0.3) is 0 Å². The molecule has 0 atom stereocenters. The Labute approximate surface area is 85.5 Å². The van der Waals surface area contributed by atoms with E-state index < -0.39 is 0 Å². The minimum absolute atomic E-state index is 0.134. The summed E-state index contributed by atoms with van der Waals surface area (Å²) in [5.74, 6) is -0.134. The summed E-state index contributed by atoms with van der Waals surface area (Å²) in [5, 5.41) is 0. The van der Waals surface area contributed by atoms with Gasteiger partial charge in [0.2, 0.25) is 0 Å². The standard InChI is InChI=1S/C13H17F/c1-3-11(2)6-4-7-12-8-5-9-13(14)10-12/h3,5,8-10H,4,6-7H2,1-2H3/b11-3+. The molecule has 0 fully saturated rings. The van der Waals surface area contributed by atoms with Gasteiger partial charge in [-0.2, -0.15) is 0 Å². The highest BCUT2D eigenvalue weighted by atomic mass is 19.1. The third kappa shape index (κ3) is 3.73. The van der Waals surface area contributed by atoms with Gasteiger partial charge in [-0.1, -0.05) is 23.8 Å². The van der Waals surface area contributed by atoms with Gasteiger partial charge in [0.15, 0.2) is 0 Å². The van der Waals surface area contributed by atoms with Gasteiger partial charge in [-0.25, -0.2) is 4.39 Å². The van der Waals surface area contributed by atoms with Crippen molar-refractivity contribution in [2.24, 2.45) is 0 Å². The minimum atomic E-state index is -0.134. The van der Waals surface area contributed by atoms with Crippen LogP contribution in [-0.2, 0) is 6.42 Å². The van der Waals surface area contributed by atoms with E-state index in [1.165, 1.54) is 11.6 Å². The highest BCUT2D eigenvalue weighted by Gasteiger charge is 1.95. The summed E-state index contributed by atoms with van der Waals surface area (Å²) in [6.07, 6.45) is 5.29. The Kier molecular flexibility index (Phi) is 4.37. The Morgan fingerprint density at radius 1 is 1.43 bits per heavy atom. The van der Waals surface area contributed by atoms with Gasteiger partial charge >= 0.3 is 0 Å². The lowest BCUT2D eigenvalue weighted by Crippen LogP contribution is -1.87. The summed E-state index contributed by atoms with van der Waals surface area (Å²) in [4.78, 5) is 0. The van der Waals surface area contributed by atoms with Gasteiger partial charge in [-0.05, 0) is 50.8 Å². The molecule has 1 aromatic carbocycles. The Morgan fingerprint density at radius 2 is 2.21 bits per heavy atom. The SMILES string of the molecule is C/C=C(\C)CCCc1cccc(F)c1. The molecule has 0 unspecified atom stereocenters. The monoisotopic (exact) mass is 192 g/mol. The van der Waals surface area contributed by atoms with Crippen molar-refractivity contribution >= 4 is 0 Å². The smallest absolute Gasteiger partial charge is 0.123 e. The first kappa shape index (κ1) is 11.0. The third-order valence-electron chi connectivity index (χ3n) is 2.42. The predicted octanol–water partition coefficient (Wildman–Crippen LogP) is 4.11. The maximum atomic E-state index is 12.8. The van der Waals surface area contributed by atoms with E-state index in [0.29, 0.717) is 0 Å². The van der Waals surface area contributed by atoms with E-state index in [9.17, 15) is 4.39 Å². The highest BCUT2D eigenvalue weighted by molar-refractivity contribution is 5.16. The highest BCUT2D eigenvalue weighted by Crippen LogP contribution is 2.10. The van der Waals surface area contributed by atoms with E-state index in [0.717, 1.165) is 24.8 Å². The van der Waals surface area contributed by atoms with E-state index >= 15 is 0 Å². The van der Waals surface area contributed by atoms with Gasteiger partial charge in [-0.3, -0.25) is 0 Å². The number of hydrogen-bond donors (Lipinski definition) is 0. The van der Waals surface area contributed by atoms with Crippen molar-refractivity contribution < 1.29 is 4.39 Å². The average Bonchev–Trinajstić information content (AvgIpc) is 2.17. The number of hydrogen-bond acceptors (Lipinski definition) is 0. The maximum Gasteiger partial charge on any atom is 0.123 e. The normalized spacial score (nSPS) is 11.8. The van der Waals surface area contributed by atoms with Crippen LogP contribution in [0, 0.1) is 5.82 Å². The van der Waals surface area contributed by atoms with Crippen molar-refractivity contribution in [3.8, 4) is 0 Å². The molecule has 1 aromatic rings. The number of allylic oxidation sites excluding steroid dienone is 2. The van der Waals surface area contributed by atoms with Crippen LogP contribution in [-0.4, -0.2) is 0 Å². The molecule has 0 aliphatic rings. The van der Waals surface area contributed by atoms with Crippen molar-refractivity contribution in [3.63, 3.8) is 0 Å². The Morgan fingerprint density at radius 3 is 2.86 bits per heavy atom. The molecule has 0 nitrogen and oxygen atoms in total. The quantitative estimate of drug-likeness (QED) is 0.630. The van der Waals surface area contributed by atoms with Gasteiger partial charge < -0.3 is 0 Å². The van der Waals surface area contributed by atoms with E-state index in [1.54, 1.807) is 12.1 Å². The largest absolute Gasteiger partial charge is 0.207 e. The topological polar surface area (TPSA) is 0 Å². The molecule has 0 N–H and O–H groups in total. The van der Waals surface area contributed by atoms with Crippen LogP contribution in [0.1, 0.15) is 32.3 Å². The maximum absolute atomic E-state index is 12.8. The van der Waals surface area contributed by atoms with Gasteiger partial charge in [0.1, 0.15) is 5.82 Å². The first-order valence-corrected chi connectivity index (χ1v) is 5.08. The van der Waals surface area contributed by atoms with Gasteiger partial charge in [0, 0.05) is 0 Å². The zero-order chi connectivity index (χ0) is 10.4. The lowest BCUT2D eigenvalue weighted by atomic mass is 10.1. The molecule has 0 radical (unpaired) electrons. The number of halogens is 1. The molecule has 0 spiro atoms. The summed E-state index contributed by atoms with van der Waals surface area (Å²) >= 11 is 0.